The lowest BCUT2D eigenvalue weighted by Crippen LogP contribution is -2.43. The predicted octanol–water partition coefficient (Wildman–Crippen LogP) is 3.57. The number of carbonyl (C=O) groups is 3. The number of alkyl carbamates (subject to hydrolysis) is 1. The highest BCUT2D eigenvalue weighted by Crippen LogP contribution is 2.36. The van der Waals surface area contributed by atoms with Crippen LogP contribution in [0, 0.1) is 17.8 Å². The van der Waals surface area contributed by atoms with Crippen molar-refractivity contribution in [3.8, 4) is 5.75 Å². The van der Waals surface area contributed by atoms with Gasteiger partial charge in [-0.05, 0) is 67.7 Å². The molecule has 3 heterocycles. The number of ether oxygens (including phenoxy) is 2. The molecule has 0 radical (unpaired) electrons. The van der Waals surface area contributed by atoms with Gasteiger partial charge in [0.2, 0.25) is 11.8 Å². The number of likely N-dealkylation sites (tertiary alicyclic amines) is 2. The molecule has 1 N–H and O–H groups in total. The highest BCUT2D eigenvalue weighted by Gasteiger charge is 2.44. The average Bonchev–Trinajstić information content (AvgIpc) is 3.37. The highest BCUT2D eigenvalue weighted by molar-refractivity contribution is 5.91. The van der Waals surface area contributed by atoms with Crippen molar-refractivity contribution >= 4 is 24.0 Å². The Morgan fingerprint density at radius 1 is 1.00 bits per heavy atom. The third-order valence-corrected chi connectivity index (χ3v) is 7.97. The summed E-state index contributed by atoms with van der Waals surface area (Å²) in [7, 11) is 0. The van der Waals surface area contributed by atoms with Gasteiger partial charge in [0, 0.05) is 38.2 Å². The van der Waals surface area contributed by atoms with Crippen molar-refractivity contribution in [1.82, 2.24) is 15.1 Å². The molecule has 1 aromatic rings. The van der Waals surface area contributed by atoms with Gasteiger partial charge >= 0.3 is 12.5 Å². The van der Waals surface area contributed by atoms with Crippen molar-refractivity contribution in [2.45, 2.75) is 50.6 Å². The van der Waals surface area contributed by atoms with Crippen LogP contribution in [0.2, 0.25) is 0 Å². The molecule has 1 saturated carbocycles. The molecular formula is C26H30F3N3O5. The number of amides is 3. The first kappa shape index (κ1) is 25.4. The number of nitrogens with zero attached hydrogens (tertiary/aromatic N) is 2. The molecule has 5 rings (SSSR count). The van der Waals surface area contributed by atoms with Gasteiger partial charge < -0.3 is 24.6 Å². The zero-order valence-electron chi connectivity index (χ0n) is 20.3. The van der Waals surface area contributed by atoms with Crippen molar-refractivity contribution in [3.63, 3.8) is 0 Å². The molecule has 0 spiro atoms. The molecule has 11 heteroatoms. The minimum Gasteiger partial charge on any atom is -0.444 e. The zero-order valence-corrected chi connectivity index (χ0v) is 20.3. The summed E-state index contributed by atoms with van der Waals surface area (Å²) in [5.74, 6) is 0.267. The predicted molar refractivity (Wildman–Crippen MR) is 126 cm³/mol. The Morgan fingerprint density at radius 2 is 1.68 bits per heavy atom. The van der Waals surface area contributed by atoms with E-state index in [-0.39, 0.29) is 35.6 Å². The van der Waals surface area contributed by atoms with Crippen LogP contribution in [0.5, 0.6) is 5.75 Å². The van der Waals surface area contributed by atoms with Crippen LogP contribution >= 0.6 is 0 Å². The molecule has 37 heavy (non-hydrogen) atoms. The van der Waals surface area contributed by atoms with E-state index in [9.17, 15) is 27.6 Å². The van der Waals surface area contributed by atoms with Crippen molar-refractivity contribution in [3.05, 3.63) is 35.9 Å². The molecule has 4 aliphatic rings. The molecule has 5 atom stereocenters. The summed E-state index contributed by atoms with van der Waals surface area (Å²) in [5.41, 5.74) is 0.598. The van der Waals surface area contributed by atoms with Gasteiger partial charge in [-0.2, -0.15) is 0 Å². The van der Waals surface area contributed by atoms with Gasteiger partial charge in [-0.3, -0.25) is 9.59 Å². The second-order valence-corrected chi connectivity index (χ2v) is 10.3. The number of carbonyl (C=O) groups excluding carboxylic acids is 3. The molecule has 3 aliphatic heterocycles. The Labute approximate surface area is 212 Å². The van der Waals surface area contributed by atoms with E-state index in [1.165, 1.54) is 30.3 Å². The number of benzene rings is 1. The van der Waals surface area contributed by atoms with E-state index in [1.54, 1.807) is 11.0 Å². The number of fused-ring (bicyclic) bond motifs is 2. The standard InChI is InChI=1S/C26H30F3N3O5/c27-26(28,29)37-20-5-1-16(2-6-20)3-8-23(33)31-11-9-18-14-32(15-19(18)10-12-31)24(34)17-4-7-21-22(13-17)36-25(35)30-21/h1-3,5-6,8,17-19,21-22H,4,7,9-15H2,(H,30,35). The average molecular weight is 522 g/mol. The van der Waals surface area contributed by atoms with E-state index in [0.29, 0.717) is 50.0 Å². The summed E-state index contributed by atoms with van der Waals surface area (Å²) in [5, 5.41) is 2.81. The second-order valence-electron chi connectivity index (χ2n) is 10.3. The number of alkyl halides is 3. The van der Waals surface area contributed by atoms with E-state index < -0.39 is 12.5 Å². The number of hydrogen-bond acceptors (Lipinski definition) is 5. The third kappa shape index (κ3) is 6.02. The monoisotopic (exact) mass is 521 g/mol. The Hall–Kier alpha value is -3.24. The van der Waals surface area contributed by atoms with Crippen LogP contribution < -0.4 is 10.1 Å². The summed E-state index contributed by atoms with van der Waals surface area (Å²) in [6.07, 6.45) is 1.37. The molecular weight excluding hydrogens is 491 g/mol. The molecule has 200 valence electrons. The maximum atomic E-state index is 13.2. The number of halogens is 3. The van der Waals surface area contributed by atoms with Crippen LogP contribution in [0.15, 0.2) is 30.3 Å². The third-order valence-electron chi connectivity index (χ3n) is 7.97. The van der Waals surface area contributed by atoms with Crippen molar-refractivity contribution in [2.75, 3.05) is 26.2 Å². The number of nitrogens with one attached hydrogen (secondary N) is 1. The first-order valence-electron chi connectivity index (χ1n) is 12.7. The number of rotatable bonds is 4. The largest absolute Gasteiger partial charge is 0.573 e. The quantitative estimate of drug-likeness (QED) is 0.613. The van der Waals surface area contributed by atoms with E-state index in [4.69, 9.17) is 4.74 Å². The van der Waals surface area contributed by atoms with Gasteiger partial charge in [0.25, 0.3) is 0 Å². The summed E-state index contributed by atoms with van der Waals surface area (Å²) in [6.45, 7) is 2.58. The second kappa shape index (κ2) is 10.3. The zero-order chi connectivity index (χ0) is 26.2. The maximum absolute atomic E-state index is 13.2. The van der Waals surface area contributed by atoms with Crippen LogP contribution in [-0.4, -0.2) is 72.4 Å². The molecule has 1 aliphatic carbocycles. The van der Waals surface area contributed by atoms with Crippen LogP contribution in [0.3, 0.4) is 0 Å². The van der Waals surface area contributed by atoms with E-state index in [2.05, 4.69) is 10.1 Å². The van der Waals surface area contributed by atoms with Gasteiger partial charge in [-0.15, -0.1) is 13.2 Å². The fraction of sp³-hybridized carbons (Fsp3) is 0.577. The van der Waals surface area contributed by atoms with Crippen molar-refractivity contribution < 1.29 is 37.0 Å². The fourth-order valence-corrected chi connectivity index (χ4v) is 6.03. The minimum absolute atomic E-state index is 0.0153. The normalized spacial score (nSPS) is 29.8. The Bertz CT molecular complexity index is 1040. The Kier molecular flexibility index (Phi) is 7.04. The summed E-state index contributed by atoms with van der Waals surface area (Å²) < 4.78 is 46.1. The summed E-state index contributed by atoms with van der Waals surface area (Å²) in [6, 6.07) is 5.36. The van der Waals surface area contributed by atoms with Crippen LogP contribution in [0.1, 0.15) is 37.7 Å². The Balaban J connectivity index is 1.10. The van der Waals surface area contributed by atoms with E-state index in [1.807, 2.05) is 4.90 Å². The van der Waals surface area contributed by atoms with Crippen molar-refractivity contribution in [1.29, 1.82) is 0 Å². The highest BCUT2D eigenvalue weighted by atomic mass is 19.4. The maximum Gasteiger partial charge on any atom is 0.573 e. The number of hydrogen-bond donors (Lipinski definition) is 1. The lowest BCUT2D eigenvalue weighted by Gasteiger charge is -2.31. The molecule has 0 bridgehead atoms. The molecule has 1 aromatic carbocycles. The lowest BCUT2D eigenvalue weighted by molar-refractivity contribution is -0.274. The van der Waals surface area contributed by atoms with E-state index >= 15 is 0 Å². The lowest BCUT2D eigenvalue weighted by atomic mass is 9.83. The van der Waals surface area contributed by atoms with Gasteiger partial charge in [-0.25, -0.2) is 4.79 Å². The SMILES string of the molecule is O=C1NC2CCC(C(=O)N3CC4CCN(C(=O)C=Cc5ccc(OC(F)(F)F)cc5)CCC4C3)CC2O1. The molecule has 8 nitrogen and oxygen atoms in total. The topological polar surface area (TPSA) is 88.2 Å². The smallest absolute Gasteiger partial charge is 0.444 e. The Morgan fingerprint density at radius 3 is 2.32 bits per heavy atom. The van der Waals surface area contributed by atoms with Crippen LogP contribution in [-0.2, 0) is 14.3 Å². The first-order chi connectivity index (χ1) is 17.6. The van der Waals surface area contributed by atoms with Gasteiger partial charge in [0.05, 0.1) is 6.04 Å². The van der Waals surface area contributed by atoms with E-state index in [0.717, 1.165) is 25.7 Å². The van der Waals surface area contributed by atoms with Gasteiger partial charge in [0.1, 0.15) is 11.9 Å². The molecule has 5 unspecified atom stereocenters. The van der Waals surface area contributed by atoms with Crippen LogP contribution in [0.25, 0.3) is 6.08 Å². The van der Waals surface area contributed by atoms with Gasteiger partial charge in [0.15, 0.2) is 0 Å². The first-order valence-corrected chi connectivity index (χ1v) is 12.7. The van der Waals surface area contributed by atoms with Gasteiger partial charge in [-0.1, -0.05) is 12.1 Å². The summed E-state index contributed by atoms with van der Waals surface area (Å²) in [4.78, 5) is 41.2. The molecule has 3 saturated heterocycles. The summed E-state index contributed by atoms with van der Waals surface area (Å²) >= 11 is 0. The molecule has 4 fully saturated rings. The van der Waals surface area contributed by atoms with Crippen molar-refractivity contribution in [2.24, 2.45) is 17.8 Å². The fourth-order valence-electron chi connectivity index (χ4n) is 6.03. The van der Waals surface area contributed by atoms with Crippen LogP contribution in [0.4, 0.5) is 18.0 Å². The molecule has 0 aromatic heterocycles. The minimum atomic E-state index is -4.74. The molecule has 3 amide bonds.